The lowest BCUT2D eigenvalue weighted by Gasteiger charge is -2.36. The first kappa shape index (κ1) is 22.9. The van der Waals surface area contributed by atoms with Crippen LogP contribution in [0.25, 0.3) is 0 Å². The number of hydrogen-bond acceptors (Lipinski definition) is 4. The van der Waals surface area contributed by atoms with E-state index in [-0.39, 0.29) is 30.0 Å². The Morgan fingerprint density at radius 3 is 2.43 bits per heavy atom. The van der Waals surface area contributed by atoms with Crippen LogP contribution in [0.2, 0.25) is 0 Å². The molecular weight excluding hydrogens is 407 g/mol. The van der Waals surface area contributed by atoms with Crippen molar-refractivity contribution in [3.05, 3.63) is 0 Å². The summed E-state index contributed by atoms with van der Waals surface area (Å²) in [5.41, 5.74) is 0. The van der Waals surface area contributed by atoms with Crippen LogP contribution in [-0.2, 0) is 9.47 Å². The summed E-state index contributed by atoms with van der Waals surface area (Å²) in [7, 11) is 3.52. The van der Waals surface area contributed by atoms with Crippen LogP contribution in [0.1, 0.15) is 27.2 Å². The second-order valence-corrected chi connectivity index (χ2v) is 6.39. The van der Waals surface area contributed by atoms with Gasteiger partial charge in [-0.05, 0) is 19.3 Å². The van der Waals surface area contributed by atoms with Crippen molar-refractivity contribution in [3.8, 4) is 0 Å². The number of rotatable bonds is 8. The minimum Gasteiger partial charge on any atom is -0.383 e. The SMILES string of the molecule is CN=C(NCC(CC(C)C)N1CCOCC1)NC(C)COC.I. The molecule has 0 aromatic rings. The molecular formula is C16H35IN4O2. The third-order valence-electron chi connectivity index (χ3n) is 3.83. The smallest absolute Gasteiger partial charge is 0.191 e. The van der Waals surface area contributed by atoms with Gasteiger partial charge in [0.2, 0.25) is 0 Å². The van der Waals surface area contributed by atoms with Crippen LogP contribution in [-0.4, -0.2) is 76.6 Å². The number of hydrogen-bond donors (Lipinski definition) is 2. The van der Waals surface area contributed by atoms with Crippen molar-refractivity contribution in [2.75, 3.05) is 53.6 Å². The van der Waals surface area contributed by atoms with E-state index in [4.69, 9.17) is 9.47 Å². The van der Waals surface area contributed by atoms with Gasteiger partial charge in [-0.3, -0.25) is 9.89 Å². The van der Waals surface area contributed by atoms with Crippen molar-refractivity contribution in [1.82, 2.24) is 15.5 Å². The number of nitrogens with one attached hydrogen (secondary N) is 2. The van der Waals surface area contributed by atoms with Crippen molar-refractivity contribution < 1.29 is 9.47 Å². The molecule has 0 bridgehead atoms. The fourth-order valence-electron chi connectivity index (χ4n) is 2.78. The van der Waals surface area contributed by atoms with Crippen molar-refractivity contribution in [2.45, 2.75) is 39.3 Å². The zero-order chi connectivity index (χ0) is 16.4. The molecule has 138 valence electrons. The number of morpholine rings is 1. The van der Waals surface area contributed by atoms with Crippen LogP contribution in [0.4, 0.5) is 0 Å². The van der Waals surface area contributed by atoms with Gasteiger partial charge < -0.3 is 20.1 Å². The van der Waals surface area contributed by atoms with Crippen molar-refractivity contribution in [1.29, 1.82) is 0 Å². The van der Waals surface area contributed by atoms with Gasteiger partial charge in [0.05, 0.1) is 19.8 Å². The van der Waals surface area contributed by atoms with E-state index in [0.717, 1.165) is 38.8 Å². The van der Waals surface area contributed by atoms with Gasteiger partial charge in [0.1, 0.15) is 0 Å². The van der Waals surface area contributed by atoms with Gasteiger partial charge in [0.25, 0.3) is 0 Å². The van der Waals surface area contributed by atoms with Gasteiger partial charge in [-0.15, -0.1) is 24.0 Å². The molecule has 23 heavy (non-hydrogen) atoms. The summed E-state index contributed by atoms with van der Waals surface area (Å²) in [6, 6.07) is 0.753. The maximum Gasteiger partial charge on any atom is 0.191 e. The van der Waals surface area contributed by atoms with E-state index in [2.05, 4.69) is 41.3 Å². The Labute approximate surface area is 158 Å². The molecule has 0 aromatic carbocycles. The summed E-state index contributed by atoms with van der Waals surface area (Å²) in [5, 5.41) is 6.81. The van der Waals surface area contributed by atoms with Gasteiger partial charge in [-0.2, -0.15) is 0 Å². The molecule has 1 aliphatic heterocycles. The van der Waals surface area contributed by atoms with Gasteiger partial charge >= 0.3 is 0 Å². The highest BCUT2D eigenvalue weighted by atomic mass is 127. The molecule has 1 rings (SSSR count). The summed E-state index contributed by atoms with van der Waals surface area (Å²) >= 11 is 0. The highest BCUT2D eigenvalue weighted by molar-refractivity contribution is 14.0. The van der Waals surface area contributed by atoms with E-state index in [1.165, 1.54) is 6.42 Å². The highest BCUT2D eigenvalue weighted by Crippen LogP contribution is 2.12. The van der Waals surface area contributed by atoms with Gasteiger partial charge in [0, 0.05) is 45.9 Å². The quantitative estimate of drug-likeness (QED) is 0.340. The Hall–Kier alpha value is -0.120. The monoisotopic (exact) mass is 442 g/mol. The van der Waals surface area contributed by atoms with Crippen LogP contribution in [0.15, 0.2) is 4.99 Å². The summed E-state index contributed by atoms with van der Waals surface area (Å²) in [6.07, 6.45) is 1.18. The Bertz CT molecular complexity index is 323. The Morgan fingerprint density at radius 2 is 1.91 bits per heavy atom. The molecule has 2 unspecified atom stereocenters. The highest BCUT2D eigenvalue weighted by Gasteiger charge is 2.22. The van der Waals surface area contributed by atoms with E-state index in [1.807, 2.05) is 0 Å². The van der Waals surface area contributed by atoms with Crippen molar-refractivity contribution >= 4 is 29.9 Å². The maximum atomic E-state index is 5.47. The minimum absolute atomic E-state index is 0. The normalized spacial score (nSPS) is 19.1. The Kier molecular flexibility index (Phi) is 13.1. The molecule has 1 heterocycles. The zero-order valence-corrected chi connectivity index (χ0v) is 17.6. The van der Waals surface area contributed by atoms with E-state index >= 15 is 0 Å². The lowest BCUT2D eigenvalue weighted by atomic mass is 10.0. The van der Waals surface area contributed by atoms with Gasteiger partial charge in [-0.1, -0.05) is 13.8 Å². The predicted octanol–water partition coefficient (Wildman–Crippen LogP) is 1.55. The average molecular weight is 442 g/mol. The number of ether oxygens (including phenoxy) is 2. The van der Waals surface area contributed by atoms with Crippen molar-refractivity contribution in [2.24, 2.45) is 10.9 Å². The standard InChI is InChI=1S/C16H34N4O2.HI/c1-13(2)10-15(20-6-8-22-9-7-20)11-18-16(17-4)19-14(3)12-21-5;/h13-15H,6-12H2,1-5H3,(H2,17,18,19);1H. The summed E-state index contributed by atoms with van der Waals surface area (Å²) in [6.45, 7) is 11.9. The third kappa shape index (κ3) is 9.69. The molecule has 0 amide bonds. The molecule has 7 heteroatoms. The van der Waals surface area contributed by atoms with E-state index in [1.54, 1.807) is 14.2 Å². The van der Waals surface area contributed by atoms with Crippen LogP contribution >= 0.6 is 24.0 Å². The maximum absolute atomic E-state index is 5.47. The Balaban J connectivity index is 0.00000484. The second kappa shape index (κ2) is 13.2. The number of guanidine groups is 1. The fraction of sp³-hybridized carbons (Fsp3) is 0.938. The second-order valence-electron chi connectivity index (χ2n) is 6.39. The summed E-state index contributed by atoms with van der Waals surface area (Å²) in [4.78, 5) is 6.83. The van der Waals surface area contributed by atoms with Gasteiger partial charge in [-0.25, -0.2) is 0 Å². The van der Waals surface area contributed by atoms with Crippen LogP contribution < -0.4 is 10.6 Å². The largest absolute Gasteiger partial charge is 0.383 e. The number of halogens is 1. The van der Waals surface area contributed by atoms with E-state index in [9.17, 15) is 0 Å². The third-order valence-corrected chi connectivity index (χ3v) is 3.83. The average Bonchev–Trinajstić information content (AvgIpc) is 2.50. The number of nitrogens with zero attached hydrogens (tertiary/aromatic N) is 2. The van der Waals surface area contributed by atoms with E-state index < -0.39 is 0 Å². The summed E-state index contributed by atoms with van der Waals surface area (Å²) in [5.74, 6) is 1.52. The molecule has 1 fully saturated rings. The van der Waals surface area contributed by atoms with Crippen molar-refractivity contribution in [3.63, 3.8) is 0 Å². The predicted molar refractivity (Wildman–Crippen MR) is 107 cm³/mol. The first-order valence-corrected chi connectivity index (χ1v) is 8.34. The summed E-state index contributed by atoms with van der Waals surface area (Å²) < 4.78 is 10.6. The van der Waals surface area contributed by atoms with Gasteiger partial charge in [0.15, 0.2) is 5.96 Å². The number of aliphatic imine (C=N–C) groups is 1. The first-order chi connectivity index (χ1) is 10.6. The molecule has 1 aliphatic rings. The molecule has 2 atom stereocenters. The fourth-order valence-corrected chi connectivity index (χ4v) is 2.78. The molecule has 6 nitrogen and oxygen atoms in total. The lowest BCUT2D eigenvalue weighted by molar-refractivity contribution is 0.0132. The van der Waals surface area contributed by atoms with Crippen LogP contribution in [0.3, 0.4) is 0 Å². The molecule has 0 saturated carbocycles. The first-order valence-electron chi connectivity index (χ1n) is 8.34. The van der Waals surface area contributed by atoms with E-state index in [0.29, 0.717) is 18.6 Å². The Morgan fingerprint density at radius 1 is 1.26 bits per heavy atom. The minimum atomic E-state index is 0. The molecule has 2 N–H and O–H groups in total. The lowest BCUT2D eigenvalue weighted by Crippen LogP contribution is -2.52. The van der Waals surface area contributed by atoms with Crippen LogP contribution in [0, 0.1) is 5.92 Å². The topological polar surface area (TPSA) is 58.1 Å². The molecule has 0 spiro atoms. The molecule has 0 aromatic heterocycles. The molecule has 0 radical (unpaired) electrons. The zero-order valence-electron chi connectivity index (χ0n) is 15.3. The number of methoxy groups -OCH3 is 1. The van der Waals surface area contributed by atoms with Crippen LogP contribution in [0.5, 0.6) is 0 Å². The molecule has 1 saturated heterocycles. The molecule has 0 aliphatic carbocycles.